The molecule has 1 aliphatic rings. The minimum absolute atomic E-state index is 0.0770. The highest BCUT2D eigenvalue weighted by molar-refractivity contribution is 6.30. The van der Waals surface area contributed by atoms with Crippen molar-refractivity contribution in [1.29, 1.82) is 5.26 Å². The smallest absolute Gasteiger partial charge is 0.238 e. The van der Waals surface area contributed by atoms with Gasteiger partial charge < -0.3 is 10.6 Å². The van der Waals surface area contributed by atoms with Gasteiger partial charge in [-0.3, -0.25) is 4.79 Å². The summed E-state index contributed by atoms with van der Waals surface area (Å²) in [6.07, 6.45) is 3.47. The molecule has 0 aromatic heterocycles. The number of amides is 1. The van der Waals surface area contributed by atoms with Gasteiger partial charge in [-0.15, -0.1) is 0 Å². The zero-order valence-corrected chi connectivity index (χ0v) is 15.3. The van der Waals surface area contributed by atoms with Crippen molar-refractivity contribution in [1.82, 2.24) is 10.6 Å². The lowest BCUT2D eigenvalue weighted by molar-refractivity contribution is -0.124. The Morgan fingerprint density at radius 3 is 2.69 bits per heavy atom. The number of nitriles is 1. The number of hydrogen-bond donors (Lipinski definition) is 2. The predicted molar refractivity (Wildman–Crippen MR) is 104 cm³/mol. The van der Waals surface area contributed by atoms with Gasteiger partial charge in [-0.05, 0) is 48.2 Å². The Bertz CT molecular complexity index is 792. The fraction of sp³-hybridized carbons (Fsp3) is 0.333. The van der Waals surface area contributed by atoms with Crippen molar-refractivity contribution in [2.24, 2.45) is 0 Å². The van der Waals surface area contributed by atoms with Crippen molar-refractivity contribution in [3.63, 3.8) is 0 Å². The molecule has 0 bridgehead atoms. The Balaban J connectivity index is 1.61. The summed E-state index contributed by atoms with van der Waals surface area (Å²) >= 11 is 6.04. The highest BCUT2D eigenvalue weighted by Crippen LogP contribution is 2.23. The van der Waals surface area contributed by atoms with Gasteiger partial charge in [0, 0.05) is 11.4 Å². The molecule has 3 rings (SSSR count). The summed E-state index contributed by atoms with van der Waals surface area (Å²) in [5.74, 6) is -0.0770. The number of nitrogens with one attached hydrogen (secondary N) is 2. The molecule has 2 N–H and O–H groups in total. The molecule has 0 spiro atoms. The number of halogens is 1. The fourth-order valence-electron chi connectivity index (χ4n) is 3.21. The first kappa shape index (κ1) is 18.4. The van der Waals surface area contributed by atoms with Crippen molar-refractivity contribution in [3.8, 4) is 17.2 Å². The maximum atomic E-state index is 12.3. The van der Waals surface area contributed by atoms with Crippen LogP contribution in [0.3, 0.4) is 0 Å². The second kappa shape index (κ2) is 8.84. The molecule has 0 aliphatic carbocycles. The lowest BCUT2D eigenvalue weighted by Crippen LogP contribution is -2.49. The molecule has 1 amide bonds. The Labute approximate surface area is 159 Å². The van der Waals surface area contributed by atoms with E-state index in [9.17, 15) is 10.1 Å². The van der Waals surface area contributed by atoms with Gasteiger partial charge in [-0.2, -0.15) is 5.26 Å². The third kappa shape index (κ3) is 4.85. The minimum Gasteiger partial charge on any atom is -0.339 e. The molecule has 2 aromatic rings. The Kier molecular flexibility index (Phi) is 6.27. The van der Waals surface area contributed by atoms with Crippen LogP contribution in [0, 0.1) is 11.3 Å². The van der Waals surface area contributed by atoms with Crippen molar-refractivity contribution in [3.05, 3.63) is 59.1 Å². The standard InChI is InChI=1S/C21H22ClN3O/c22-18-5-3-4-17(13-18)16-9-7-15(8-10-16)12-19(14-23)25-21(26)20-6-1-2-11-24-20/h3-5,7-10,13,19-20,24H,1-2,6,11-12H2,(H,25,26)/t19-,20-/m0/s1. The van der Waals surface area contributed by atoms with E-state index in [1.807, 2.05) is 48.5 Å². The van der Waals surface area contributed by atoms with E-state index in [1.165, 1.54) is 0 Å². The third-order valence-electron chi connectivity index (χ3n) is 4.65. The summed E-state index contributed by atoms with van der Waals surface area (Å²) in [7, 11) is 0. The van der Waals surface area contributed by atoms with Crippen LogP contribution >= 0.6 is 11.6 Å². The van der Waals surface area contributed by atoms with Crippen LogP contribution < -0.4 is 10.6 Å². The maximum Gasteiger partial charge on any atom is 0.238 e. The van der Waals surface area contributed by atoms with Crippen LogP contribution in [0.1, 0.15) is 24.8 Å². The highest BCUT2D eigenvalue weighted by Gasteiger charge is 2.22. The van der Waals surface area contributed by atoms with Crippen molar-refractivity contribution in [2.75, 3.05) is 6.54 Å². The van der Waals surface area contributed by atoms with Gasteiger partial charge in [0.05, 0.1) is 12.1 Å². The Morgan fingerprint density at radius 2 is 2.04 bits per heavy atom. The zero-order valence-electron chi connectivity index (χ0n) is 14.5. The number of hydrogen-bond acceptors (Lipinski definition) is 3. The first-order chi connectivity index (χ1) is 12.7. The average Bonchev–Trinajstić information content (AvgIpc) is 2.68. The summed E-state index contributed by atoms with van der Waals surface area (Å²) in [5.41, 5.74) is 3.14. The monoisotopic (exact) mass is 367 g/mol. The molecule has 4 nitrogen and oxygen atoms in total. The van der Waals surface area contributed by atoms with Crippen LogP contribution in [0.15, 0.2) is 48.5 Å². The topological polar surface area (TPSA) is 64.9 Å². The normalized spacial score (nSPS) is 17.9. The quantitative estimate of drug-likeness (QED) is 0.846. The molecule has 1 fully saturated rings. The van der Waals surface area contributed by atoms with E-state index >= 15 is 0 Å². The van der Waals surface area contributed by atoms with Crippen molar-refractivity contribution in [2.45, 2.75) is 37.8 Å². The number of piperidine rings is 1. The lowest BCUT2D eigenvalue weighted by Gasteiger charge is -2.23. The van der Waals surface area contributed by atoms with Gasteiger partial charge >= 0.3 is 0 Å². The molecule has 0 saturated carbocycles. The summed E-state index contributed by atoms with van der Waals surface area (Å²) in [6, 6.07) is 17.2. The molecule has 1 heterocycles. The molecule has 2 aromatic carbocycles. The van der Waals surface area contributed by atoms with Gasteiger partial charge in [0.1, 0.15) is 6.04 Å². The largest absolute Gasteiger partial charge is 0.339 e. The molecule has 26 heavy (non-hydrogen) atoms. The molecular weight excluding hydrogens is 346 g/mol. The van der Waals surface area contributed by atoms with Crippen LogP contribution in [-0.2, 0) is 11.2 Å². The molecule has 2 atom stereocenters. The average molecular weight is 368 g/mol. The van der Waals surface area contributed by atoms with E-state index in [2.05, 4.69) is 16.7 Å². The number of carbonyl (C=O) groups is 1. The van der Waals surface area contributed by atoms with Gasteiger partial charge in [0.15, 0.2) is 0 Å². The van der Waals surface area contributed by atoms with Gasteiger partial charge in [-0.25, -0.2) is 0 Å². The first-order valence-corrected chi connectivity index (χ1v) is 9.32. The molecule has 1 saturated heterocycles. The third-order valence-corrected chi connectivity index (χ3v) is 4.89. The molecule has 5 heteroatoms. The van der Waals surface area contributed by atoms with Crippen molar-refractivity contribution >= 4 is 17.5 Å². The van der Waals surface area contributed by atoms with Crippen molar-refractivity contribution < 1.29 is 4.79 Å². The molecule has 1 aliphatic heterocycles. The minimum atomic E-state index is -0.525. The van der Waals surface area contributed by atoms with Crippen LogP contribution in [-0.4, -0.2) is 24.5 Å². The van der Waals surface area contributed by atoms with Crippen LogP contribution in [0.4, 0.5) is 0 Å². The van der Waals surface area contributed by atoms with E-state index in [0.29, 0.717) is 11.4 Å². The highest BCUT2D eigenvalue weighted by atomic mass is 35.5. The maximum absolute atomic E-state index is 12.3. The second-order valence-electron chi connectivity index (χ2n) is 6.60. The number of nitrogens with zero attached hydrogens (tertiary/aromatic N) is 1. The summed E-state index contributed by atoms with van der Waals surface area (Å²) < 4.78 is 0. The summed E-state index contributed by atoms with van der Waals surface area (Å²) in [6.45, 7) is 0.861. The Hall–Kier alpha value is -2.35. The molecular formula is C21H22ClN3O. The van der Waals surface area contributed by atoms with E-state index in [4.69, 9.17) is 11.6 Å². The number of rotatable bonds is 5. The Morgan fingerprint density at radius 1 is 1.23 bits per heavy atom. The molecule has 0 unspecified atom stereocenters. The van der Waals surface area contributed by atoms with Gasteiger partial charge in [0.25, 0.3) is 0 Å². The van der Waals surface area contributed by atoms with E-state index in [-0.39, 0.29) is 11.9 Å². The van der Waals surface area contributed by atoms with E-state index in [0.717, 1.165) is 42.5 Å². The first-order valence-electron chi connectivity index (χ1n) is 8.94. The molecule has 0 radical (unpaired) electrons. The van der Waals surface area contributed by atoms with Crippen LogP contribution in [0.5, 0.6) is 0 Å². The van der Waals surface area contributed by atoms with Gasteiger partial charge in [0.2, 0.25) is 5.91 Å². The lowest BCUT2D eigenvalue weighted by atomic mass is 10.00. The zero-order chi connectivity index (χ0) is 18.4. The summed E-state index contributed by atoms with van der Waals surface area (Å²) in [4.78, 5) is 12.3. The van der Waals surface area contributed by atoms with Crippen LogP contribution in [0.2, 0.25) is 5.02 Å². The van der Waals surface area contributed by atoms with Gasteiger partial charge in [-0.1, -0.05) is 54.4 Å². The van der Waals surface area contributed by atoms with Crippen LogP contribution in [0.25, 0.3) is 11.1 Å². The number of carbonyl (C=O) groups excluding carboxylic acids is 1. The summed E-state index contributed by atoms with van der Waals surface area (Å²) in [5, 5.41) is 16.2. The fourth-order valence-corrected chi connectivity index (χ4v) is 3.40. The second-order valence-corrected chi connectivity index (χ2v) is 7.04. The molecule has 134 valence electrons. The number of benzene rings is 2. The predicted octanol–water partition coefficient (Wildman–Crippen LogP) is 3.70. The SMILES string of the molecule is N#C[C@H](Cc1ccc(-c2cccc(Cl)c2)cc1)NC(=O)[C@@H]1CCCCN1. The van der Waals surface area contributed by atoms with E-state index in [1.54, 1.807) is 0 Å². The van der Waals surface area contributed by atoms with E-state index < -0.39 is 6.04 Å².